The lowest BCUT2D eigenvalue weighted by Gasteiger charge is -2.12. The standard InChI is InChI=1S/C19H17BrN2O6S2/c1-3-14-8-9-17(29-14)30(25,26)28-15-11-16(23)22(13-7-5-6-12(20)10-13)21-18(15)19(24)27-4-2/h5-11H,3-4H2,1-2H3. The molecule has 2 heterocycles. The van der Waals surface area contributed by atoms with Gasteiger partial charge in [0, 0.05) is 9.35 Å². The number of aryl methyl sites for hydroxylation is 1. The number of carbonyl (C=O) groups is 1. The highest BCUT2D eigenvalue weighted by atomic mass is 79.9. The highest BCUT2D eigenvalue weighted by molar-refractivity contribution is 9.10. The lowest BCUT2D eigenvalue weighted by molar-refractivity contribution is 0.0515. The van der Waals surface area contributed by atoms with E-state index in [1.165, 1.54) is 6.07 Å². The van der Waals surface area contributed by atoms with E-state index in [2.05, 4.69) is 21.0 Å². The van der Waals surface area contributed by atoms with Gasteiger partial charge in [0.2, 0.25) is 5.69 Å². The van der Waals surface area contributed by atoms with E-state index >= 15 is 0 Å². The Morgan fingerprint density at radius 3 is 2.60 bits per heavy atom. The lowest BCUT2D eigenvalue weighted by Crippen LogP contribution is -2.26. The molecule has 0 aliphatic rings. The van der Waals surface area contributed by atoms with E-state index in [0.717, 1.165) is 27.0 Å². The number of ether oxygens (including phenoxy) is 1. The second-order valence-corrected chi connectivity index (χ2v) is 9.78. The van der Waals surface area contributed by atoms with E-state index in [1.54, 1.807) is 37.3 Å². The molecule has 0 bridgehead atoms. The number of benzene rings is 1. The zero-order valence-corrected chi connectivity index (χ0v) is 19.2. The van der Waals surface area contributed by atoms with Gasteiger partial charge < -0.3 is 8.92 Å². The maximum absolute atomic E-state index is 12.7. The molecule has 0 radical (unpaired) electrons. The van der Waals surface area contributed by atoms with Gasteiger partial charge >= 0.3 is 16.1 Å². The Labute approximate surface area is 185 Å². The molecule has 8 nitrogen and oxygen atoms in total. The minimum absolute atomic E-state index is 0.0352. The first-order valence-corrected chi connectivity index (χ1v) is 11.9. The van der Waals surface area contributed by atoms with Gasteiger partial charge in [-0.15, -0.1) is 11.3 Å². The third kappa shape index (κ3) is 4.79. The largest absolute Gasteiger partial charge is 0.461 e. The summed E-state index contributed by atoms with van der Waals surface area (Å²) in [6.07, 6.45) is 0.665. The van der Waals surface area contributed by atoms with E-state index in [0.29, 0.717) is 16.6 Å². The van der Waals surface area contributed by atoms with E-state index in [1.807, 2.05) is 6.92 Å². The number of nitrogens with zero attached hydrogens (tertiary/aromatic N) is 2. The molecule has 0 N–H and O–H groups in total. The topological polar surface area (TPSA) is 105 Å². The van der Waals surface area contributed by atoms with Crippen molar-refractivity contribution in [1.29, 1.82) is 0 Å². The first-order valence-electron chi connectivity index (χ1n) is 8.85. The molecule has 0 atom stereocenters. The summed E-state index contributed by atoms with van der Waals surface area (Å²) in [5.74, 6) is -1.40. The number of halogens is 1. The molecule has 1 aromatic carbocycles. The van der Waals surface area contributed by atoms with Crippen LogP contribution in [0, 0.1) is 0 Å². The van der Waals surface area contributed by atoms with Crippen molar-refractivity contribution in [1.82, 2.24) is 9.78 Å². The molecule has 11 heteroatoms. The Kier molecular flexibility index (Phi) is 6.74. The Hall–Kier alpha value is -2.50. The molecule has 158 valence electrons. The summed E-state index contributed by atoms with van der Waals surface area (Å²) in [7, 11) is -4.26. The van der Waals surface area contributed by atoms with E-state index in [-0.39, 0.29) is 10.8 Å². The zero-order valence-electron chi connectivity index (χ0n) is 16.0. The fraction of sp³-hybridized carbons (Fsp3) is 0.211. The second-order valence-electron chi connectivity index (χ2n) is 5.92. The molecule has 2 aromatic heterocycles. The molecule has 0 amide bonds. The van der Waals surface area contributed by atoms with Crippen LogP contribution in [0.15, 0.2) is 55.9 Å². The molecule has 3 rings (SSSR count). The van der Waals surface area contributed by atoms with Crippen molar-refractivity contribution in [2.24, 2.45) is 0 Å². The Bertz CT molecular complexity index is 1250. The highest BCUT2D eigenvalue weighted by Crippen LogP contribution is 2.27. The Morgan fingerprint density at radius 1 is 1.20 bits per heavy atom. The Morgan fingerprint density at radius 2 is 1.97 bits per heavy atom. The van der Waals surface area contributed by atoms with Crippen molar-refractivity contribution in [3.05, 3.63) is 67.9 Å². The van der Waals surface area contributed by atoms with Crippen molar-refractivity contribution < 1.29 is 22.1 Å². The number of rotatable bonds is 7. The summed E-state index contributed by atoms with van der Waals surface area (Å²) < 4.78 is 37.1. The van der Waals surface area contributed by atoms with Crippen LogP contribution < -0.4 is 9.74 Å². The minimum Gasteiger partial charge on any atom is -0.461 e. The highest BCUT2D eigenvalue weighted by Gasteiger charge is 2.26. The molecule has 0 unspecified atom stereocenters. The van der Waals surface area contributed by atoms with Crippen LogP contribution in [0.4, 0.5) is 0 Å². The fourth-order valence-corrected chi connectivity index (χ4v) is 5.05. The van der Waals surface area contributed by atoms with Gasteiger partial charge in [-0.3, -0.25) is 4.79 Å². The van der Waals surface area contributed by atoms with Crippen LogP contribution in [-0.2, 0) is 21.3 Å². The quantitative estimate of drug-likeness (QED) is 0.352. The average Bonchev–Trinajstić information content (AvgIpc) is 3.18. The number of esters is 1. The first-order chi connectivity index (χ1) is 14.2. The minimum atomic E-state index is -4.26. The van der Waals surface area contributed by atoms with Gasteiger partial charge in [-0.05, 0) is 43.7 Å². The number of hydrogen-bond donors (Lipinski definition) is 0. The maximum atomic E-state index is 12.7. The Balaban J connectivity index is 2.10. The van der Waals surface area contributed by atoms with E-state index in [9.17, 15) is 18.0 Å². The van der Waals surface area contributed by atoms with Crippen LogP contribution in [0.5, 0.6) is 5.75 Å². The molecule has 3 aromatic rings. The monoisotopic (exact) mass is 512 g/mol. The first kappa shape index (κ1) is 22.2. The van der Waals surface area contributed by atoms with Gasteiger partial charge in [0.15, 0.2) is 9.96 Å². The molecule has 0 spiro atoms. The van der Waals surface area contributed by atoms with Crippen LogP contribution in [0.2, 0.25) is 0 Å². The van der Waals surface area contributed by atoms with Crippen LogP contribution in [0.3, 0.4) is 0 Å². The third-order valence-corrected chi connectivity index (χ3v) is 7.26. The summed E-state index contributed by atoms with van der Waals surface area (Å²) in [5.41, 5.74) is -0.723. The van der Waals surface area contributed by atoms with Crippen LogP contribution >= 0.6 is 27.3 Å². The predicted octanol–water partition coefficient (Wildman–Crippen LogP) is 3.56. The van der Waals surface area contributed by atoms with Crippen LogP contribution in [0.1, 0.15) is 29.2 Å². The van der Waals surface area contributed by atoms with Crippen molar-refractivity contribution >= 4 is 43.4 Å². The summed E-state index contributed by atoms with van der Waals surface area (Å²) >= 11 is 4.36. The summed E-state index contributed by atoms with van der Waals surface area (Å²) in [6.45, 7) is 3.53. The SMILES string of the molecule is CCOC(=O)c1nn(-c2cccc(Br)c2)c(=O)cc1OS(=O)(=O)c1ccc(CC)s1. The third-order valence-electron chi connectivity index (χ3n) is 3.85. The summed E-state index contributed by atoms with van der Waals surface area (Å²) in [4.78, 5) is 25.9. The fourth-order valence-electron chi connectivity index (χ4n) is 2.48. The van der Waals surface area contributed by atoms with Gasteiger partial charge in [0.1, 0.15) is 0 Å². The van der Waals surface area contributed by atoms with E-state index < -0.39 is 33.1 Å². The molecule has 0 aliphatic carbocycles. The lowest BCUT2D eigenvalue weighted by atomic mass is 10.3. The van der Waals surface area contributed by atoms with Crippen molar-refractivity contribution in [3.63, 3.8) is 0 Å². The van der Waals surface area contributed by atoms with Crippen molar-refractivity contribution in [3.8, 4) is 11.4 Å². The molecular weight excluding hydrogens is 496 g/mol. The summed E-state index contributed by atoms with van der Waals surface area (Å²) in [6, 6.07) is 10.7. The van der Waals surface area contributed by atoms with Gasteiger partial charge in [-0.2, -0.15) is 18.2 Å². The van der Waals surface area contributed by atoms with Crippen LogP contribution in [-0.4, -0.2) is 30.8 Å². The van der Waals surface area contributed by atoms with Gasteiger partial charge in [-0.1, -0.05) is 28.9 Å². The molecule has 30 heavy (non-hydrogen) atoms. The average molecular weight is 513 g/mol. The number of aromatic nitrogens is 2. The smallest absolute Gasteiger partial charge is 0.362 e. The summed E-state index contributed by atoms with van der Waals surface area (Å²) in [5, 5.41) is 4.02. The molecule has 0 fully saturated rings. The molecule has 0 saturated heterocycles. The van der Waals surface area contributed by atoms with Gasteiger partial charge in [0.05, 0.1) is 18.4 Å². The van der Waals surface area contributed by atoms with Crippen molar-refractivity contribution in [2.75, 3.05) is 6.61 Å². The predicted molar refractivity (Wildman–Crippen MR) is 115 cm³/mol. The maximum Gasteiger partial charge on any atom is 0.362 e. The number of carbonyl (C=O) groups excluding carboxylic acids is 1. The second kappa shape index (κ2) is 9.11. The van der Waals surface area contributed by atoms with Crippen LogP contribution in [0.25, 0.3) is 5.69 Å². The van der Waals surface area contributed by atoms with Crippen molar-refractivity contribution in [2.45, 2.75) is 24.5 Å². The molecule has 0 aliphatic heterocycles. The van der Waals surface area contributed by atoms with Gasteiger partial charge in [-0.25, -0.2) is 4.79 Å². The molecule has 0 saturated carbocycles. The normalized spacial score (nSPS) is 11.3. The number of thiophene rings is 1. The number of hydrogen-bond acceptors (Lipinski definition) is 8. The zero-order chi connectivity index (χ0) is 21.9. The molecular formula is C19H17BrN2O6S2. The van der Waals surface area contributed by atoms with E-state index in [4.69, 9.17) is 8.92 Å². The van der Waals surface area contributed by atoms with Gasteiger partial charge in [0.25, 0.3) is 5.56 Å².